The van der Waals surface area contributed by atoms with Crippen molar-refractivity contribution in [1.29, 1.82) is 0 Å². The molecule has 1 saturated heterocycles. The largest absolute Gasteiger partial charge is 0.335 e. The van der Waals surface area contributed by atoms with Gasteiger partial charge in [-0.25, -0.2) is 8.78 Å². The summed E-state index contributed by atoms with van der Waals surface area (Å²) in [6.45, 7) is 0.129. The number of benzene rings is 1. The summed E-state index contributed by atoms with van der Waals surface area (Å²) in [6.07, 6.45) is 3.72. The average Bonchev–Trinajstić information content (AvgIpc) is 3.21. The summed E-state index contributed by atoms with van der Waals surface area (Å²) in [5, 5.41) is 3.68. The molecule has 1 aliphatic rings. The number of carbonyl (C=O) groups is 1. The van der Waals surface area contributed by atoms with Gasteiger partial charge < -0.3 is 9.42 Å². The Morgan fingerprint density at radius 1 is 1.25 bits per heavy atom. The number of rotatable bonds is 3. The van der Waals surface area contributed by atoms with Gasteiger partial charge in [-0.3, -0.25) is 9.78 Å². The lowest BCUT2D eigenvalue weighted by molar-refractivity contribution is 0.0152. The van der Waals surface area contributed by atoms with E-state index in [2.05, 4.69) is 15.1 Å². The van der Waals surface area contributed by atoms with E-state index in [1.807, 2.05) is 0 Å². The monoisotopic (exact) mass is 404 g/mol. The molecule has 1 aromatic carbocycles. The highest BCUT2D eigenvalue weighted by Crippen LogP contribution is 2.36. The second kappa shape index (κ2) is 7.27. The Labute approximate surface area is 164 Å². The number of piperidine rings is 1. The number of amides is 1. The van der Waals surface area contributed by atoms with Crippen LogP contribution in [0, 0.1) is 5.82 Å². The van der Waals surface area contributed by atoms with Crippen LogP contribution in [0.1, 0.15) is 29.1 Å². The molecule has 0 spiro atoms. The van der Waals surface area contributed by atoms with Crippen molar-refractivity contribution in [3.63, 3.8) is 0 Å². The third kappa shape index (κ3) is 3.47. The number of likely N-dealkylation sites (tertiary alicyclic amines) is 1. The van der Waals surface area contributed by atoms with Crippen LogP contribution in [0.2, 0.25) is 5.02 Å². The smallest absolute Gasteiger partial charge is 0.266 e. The normalized spacial score (nSPS) is 19.6. The van der Waals surface area contributed by atoms with Gasteiger partial charge in [0.1, 0.15) is 5.82 Å². The molecule has 0 bridgehead atoms. The summed E-state index contributed by atoms with van der Waals surface area (Å²) in [5.74, 6) is -0.971. The van der Waals surface area contributed by atoms with Crippen LogP contribution in [0.15, 0.2) is 47.2 Å². The number of pyridine rings is 1. The van der Waals surface area contributed by atoms with Crippen LogP contribution in [0.25, 0.3) is 11.4 Å². The van der Waals surface area contributed by atoms with E-state index in [9.17, 15) is 9.18 Å². The van der Waals surface area contributed by atoms with E-state index in [1.165, 1.54) is 17.0 Å². The Kier molecular flexibility index (Phi) is 4.80. The van der Waals surface area contributed by atoms with Gasteiger partial charge in [-0.05, 0) is 43.2 Å². The lowest BCUT2D eigenvalue weighted by atomic mass is 9.94. The van der Waals surface area contributed by atoms with Gasteiger partial charge in [-0.1, -0.05) is 16.8 Å². The Morgan fingerprint density at radius 2 is 2.04 bits per heavy atom. The molecule has 144 valence electrons. The van der Waals surface area contributed by atoms with E-state index >= 15 is 4.39 Å². The van der Waals surface area contributed by atoms with Crippen molar-refractivity contribution in [2.75, 3.05) is 13.1 Å². The molecule has 4 rings (SSSR count). The standard InChI is InChI=1S/C19H15ClF2N4O2/c20-14-10-13(2-3-15(14)21)17(27)26-9-1-6-19(22,11-26)18-24-16(25-28-18)12-4-7-23-8-5-12/h2-5,7-8,10H,1,6,9,11H2. The van der Waals surface area contributed by atoms with Gasteiger partial charge in [0.25, 0.3) is 11.8 Å². The number of halogens is 3. The molecule has 1 atom stereocenters. The maximum Gasteiger partial charge on any atom is 0.266 e. The minimum atomic E-state index is -1.96. The van der Waals surface area contributed by atoms with Crippen LogP contribution in [0.5, 0.6) is 0 Å². The summed E-state index contributed by atoms with van der Waals surface area (Å²) in [4.78, 5) is 22.2. The predicted octanol–water partition coefficient (Wildman–Crippen LogP) is 4.03. The van der Waals surface area contributed by atoms with E-state index in [0.29, 0.717) is 18.5 Å². The van der Waals surface area contributed by atoms with Crippen molar-refractivity contribution in [3.05, 3.63) is 65.0 Å². The van der Waals surface area contributed by atoms with E-state index in [4.69, 9.17) is 16.1 Å². The number of hydrogen-bond donors (Lipinski definition) is 0. The minimum absolute atomic E-state index is 0.152. The van der Waals surface area contributed by atoms with Gasteiger partial charge in [-0.2, -0.15) is 4.98 Å². The molecule has 1 aliphatic heterocycles. The van der Waals surface area contributed by atoms with E-state index < -0.39 is 17.4 Å². The van der Waals surface area contributed by atoms with Crippen molar-refractivity contribution in [2.45, 2.75) is 18.5 Å². The fourth-order valence-corrected chi connectivity index (χ4v) is 3.37. The van der Waals surface area contributed by atoms with E-state index in [-0.39, 0.29) is 35.3 Å². The van der Waals surface area contributed by atoms with Crippen molar-refractivity contribution in [3.8, 4) is 11.4 Å². The molecular formula is C19H15ClF2N4O2. The summed E-state index contributed by atoms with van der Waals surface area (Å²) < 4.78 is 34.1. The van der Waals surface area contributed by atoms with Gasteiger partial charge in [0.15, 0.2) is 0 Å². The Bertz CT molecular complexity index is 1010. The topological polar surface area (TPSA) is 72.1 Å². The first-order valence-electron chi connectivity index (χ1n) is 8.64. The molecular weight excluding hydrogens is 390 g/mol. The van der Waals surface area contributed by atoms with Crippen molar-refractivity contribution in [2.24, 2.45) is 0 Å². The zero-order chi connectivity index (χ0) is 19.7. The van der Waals surface area contributed by atoms with Crippen molar-refractivity contribution < 1.29 is 18.1 Å². The van der Waals surface area contributed by atoms with Crippen LogP contribution < -0.4 is 0 Å². The highest BCUT2D eigenvalue weighted by molar-refractivity contribution is 6.31. The zero-order valence-electron chi connectivity index (χ0n) is 14.6. The fraction of sp³-hybridized carbons (Fsp3) is 0.263. The quantitative estimate of drug-likeness (QED) is 0.659. The fourth-order valence-electron chi connectivity index (χ4n) is 3.19. The third-order valence-electron chi connectivity index (χ3n) is 4.64. The van der Waals surface area contributed by atoms with Crippen LogP contribution in [0.3, 0.4) is 0 Å². The highest BCUT2D eigenvalue weighted by atomic mass is 35.5. The molecule has 3 aromatic rings. The van der Waals surface area contributed by atoms with Crippen LogP contribution in [-0.2, 0) is 5.67 Å². The SMILES string of the molecule is O=C(c1ccc(F)c(Cl)c1)N1CCCC(F)(c2nc(-c3ccncc3)no2)C1. The van der Waals surface area contributed by atoms with Gasteiger partial charge in [0, 0.05) is 30.1 Å². The predicted molar refractivity (Wildman–Crippen MR) is 96.9 cm³/mol. The highest BCUT2D eigenvalue weighted by Gasteiger charge is 2.44. The molecule has 28 heavy (non-hydrogen) atoms. The first-order valence-corrected chi connectivity index (χ1v) is 9.02. The van der Waals surface area contributed by atoms with Crippen molar-refractivity contribution >= 4 is 17.5 Å². The molecule has 0 N–H and O–H groups in total. The Hall–Kier alpha value is -2.87. The summed E-state index contributed by atoms with van der Waals surface area (Å²) in [5.41, 5.74) is -1.12. The number of nitrogens with zero attached hydrogens (tertiary/aromatic N) is 4. The summed E-state index contributed by atoms with van der Waals surface area (Å²) >= 11 is 5.75. The van der Waals surface area contributed by atoms with Crippen LogP contribution >= 0.6 is 11.6 Å². The van der Waals surface area contributed by atoms with Gasteiger partial charge in [-0.15, -0.1) is 0 Å². The first kappa shape index (κ1) is 18.5. The maximum absolute atomic E-state index is 15.6. The van der Waals surface area contributed by atoms with Gasteiger partial charge >= 0.3 is 0 Å². The van der Waals surface area contributed by atoms with Crippen LogP contribution in [0.4, 0.5) is 8.78 Å². The third-order valence-corrected chi connectivity index (χ3v) is 4.93. The summed E-state index contributed by atoms with van der Waals surface area (Å²) in [7, 11) is 0. The van der Waals surface area contributed by atoms with Crippen molar-refractivity contribution in [1.82, 2.24) is 20.0 Å². The molecule has 0 aliphatic carbocycles. The molecule has 1 amide bonds. The minimum Gasteiger partial charge on any atom is -0.335 e. The number of hydrogen-bond acceptors (Lipinski definition) is 5. The van der Waals surface area contributed by atoms with Crippen LogP contribution in [-0.4, -0.2) is 39.0 Å². The molecule has 3 heterocycles. The Morgan fingerprint density at radius 3 is 2.79 bits per heavy atom. The maximum atomic E-state index is 15.6. The Balaban J connectivity index is 1.56. The average molecular weight is 405 g/mol. The van der Waals surface area contributed by atoms with Gasteiger partial charge in [0.2, 0.25) is 11.5 Å². The molecule has 0 saturated carbocycles. The number of aromatic nitrogens is 3. The molecule has 1 unspecified atom stereocenters. The molecule has 6 nitrogen and oxygen atoms in total. The second-order valence-corrected chi connectivity index (χ2v) is 6.99. The summed E-state index contributed by atoms with van der Waals surface area (Å²) in [6, 6.07) is 7.05. The lowest BCUT2D eigenvalue weighted by Crippen LogP contribution is -2.46. The molecule has 1 fully saturated rings. The zero-order valence-corrected chi connectivity index (χ0v) is 15.4. The molecule has 9 heteroatoms. The van der Waals surface area contributed by atoms with E-state index in [1.54, 1.807) is 24.5 Å². The molecule has 2 aromatic heterocycles. The van der Waals surface area contributed by atoms with Gasteiger partial charge in [0.05, 0.1) is 11.6 Å². The van der Waals surface area contributed by atoms with E-state index in [0.717, 1.165) is 6.07 Å². The number of carbonyl (C=O) groups excluding carboxylic acids is 1. The molecule has 0 radical (unpaired) electrons. The lowest BCUT2D eigenvalue weighted by Gasteiger charge is -2.35. The first-order chi connectivity index (χ1) is 13.5. The second-order valence-electron chi connectivity index (χ2n) is 6.58. The number of alkyl halides is 1.